The molecule has 0 aromatic heterocycles. The van der Waals surface area contributed by atoms with Crippen LogP contribution < -0.4 is 4.74 Å². The minimum absolute atomic E-state index is 0.0419. The van der Waals surface area contributed by atoms with Crippen molar-refractivity contribution in [2.45, 2.75) is 13.8 Å². The van der Waals surface area contributed by atoms with Crippen molar-refractivity contribution in [2.24, 2.45) is 0 Å². The summed E-state index contributed by atoms with van der Waals surface area (Å²) < 4.78 is 25.5. The Morgan fingerprint density at radius 1 is 1.21 bits per heavy atom. The maximum absolute atomic E-state index is 11.3. The van der Waals surface area contributed by atoms with Crippen LogP contribution in [0.1, 0.15) is 38.7 Å². The van der Waals surface area contributed by atoms with E-state index in [1.165, 1.54) is 32.0 Å². The number of hydrogen-bond acceptors (Lipinski definition) is 3. The van der Waals surface area contributed by atoms with Crippen LogP contribution in [-0.4, -0.2) is 18.6 Å². The first-order valence-corrected chi connectivity index (χ1v) is 4.05. The van der Waals surface area contributed by atoms with Gasteiger partial charge in [-0.2, -0.15) is 0 Å². The summed E-state index contributed by atoms with van der Waals surface area (Å²) in [5.74, 6) is -0.526. The first kappa shape index (κ1) is 6.76. The average molecular weight is 195 g/mol. The van der Waals surface area contributed by atoms with Crippen LogP contribution in [0.25, 0.3) is 0 Å². The van der Waals surface area contributed by atoms with E-state index in [4.69, 9.17) is 4.11 Å². The zero-order valence-electron chi connectivity index (χ0n) is 11.0. The second-order valence-electron chi connectivity index (χ2n) is 2.92. The van der Waals surface area contributed by atoms with Crippen LogP contribution in [0.5, 0.6) is 5.75 Å². The van der Waals surface area contributed by atoms with E-state index in [-0.39, 0.29) is 28.4 Å². The highest BCUT2D eigenvalue weighted by Crippen LogP contribution is 2.18. The van der Waals surface area contributed by atoms with Gasteiger partial charge in [-0.15, -0.1) is 0 Å². The zero-order chi connectivity index (χ0) is 13.2. The van der Waals surface area contributed by atoms with E-state index >= 15 is 0 Å². The van der Waals surface area contributed by atoms with Crippen LogP contribution in [0, 0.1) is 0 Å². The molecule has 0 aliphatic rings. The fourth-order valence-electron chi connectivity index (χ4n) is 1.19. The van der Waals surface area contributed by atoms with E-state index in [1.54, 1.807) is 0 Å². The molecular formula is C11H12O3. The lowest BCUT2D eigenvalue weighted by Crippen LogP contribution is -2.04. The molecule has 0 aliphatic heterocycles. The lowest BCUT2D eigenvalue weighted by Gasteiger charge is -2.05. The molecule has 74 valence electrons. The van der Waals surface area contributed by atoms with Gasteiger partial charge in [-0.1, -0.05) is 0 Å². The van der Waals surface area contributed by atoms with E-state index in [2.05, 4.69) is 4.74 Å². The molecule has 0 radical (unpaired) electrons. The molecule has 0 bridgehead atoms. The third kappa shape index (κ3) is 1.99. The number of Topliss-reactive ketones (excluding diaryl/α,β-unsaturated/α-hetero) is 2. The second-order valence-corrected chi connectivity index (χ2v) is 2.92. The highest BCUT2D eigenvalue weighted by molar-refractivity contribution is 6.07. The molecule has 3 nitrogen and oxygen atoms in total. The number of carbonyl (C=O) groups excluding carboxylic acids is 2. The Hall–Kier alpha value is -1.64. The van der Waals surface area contributed by atoms with E-state index in [9.17, 15) is 9.59 Å². The number of rotatable bonds is 3. The first-order valence-electron chi connectivity index (χ1n) is 5.55. The Balaban J connectivity index is 3.19. The lowest BCUT2D eigenvalue weighted by atomic mass is 10.0. The molecule has 0 saturated carbocycles. The summed E-state index contributed by atoms with van der Waals surface area (Å²) >= 11 is 0. The molecule has 1 aromatic carbocycles. The summed E-state index contributed by atoms with van der Waals surface area (Å²) in [7, 11) is -2.58. The number of ether oxygens (including phenoxy) is 1. The number of carbonyl (C=O) groups is 2. The Morgan fingerprint density at radius 2 is 1.86 bits per heavy atom. The van der Waals surface area contributed by atoms with Gasteiger partial charge in [-0.25, -0.2) is 0 Å². The highest BCUT2D eigenvalue weighted by Gasteiger charge is 2.11. The fourth-order valence-corrected chi connectivity index (χ4v) is 1.19. The van der Waals surface area contributed by atoms with Gasteiger partial charge in [0.25, 0.3) is 0 Å². The molecule has 0 fully saturated rings. The molecule has 0 spiro atoms. The van der Waals surface area contributed by atoms with Gasteiger partial charge in [0.05, 0.1) is 11.2 Å². The average Bonchev–Trinajstić information content (AvgIpc) is 2.14. The number of benzene rings is 1. The third-order valence-electron chi connectivity index (χ3n) is 1.87. The van der Waals surface area contributed by atoms with Gasteiger partial charge in [-0.3, -0.25) is 9.59 Å². The topological polar surface area (TPSA) is 43.4 Å². The van der Waals surface area contributed by atoms with Gasteiger partial charge >= 0.3 is 0 Å². The number of methoxy groups -OCH3 is 1. The standard InChI is InChI=1S/C11H12O3/c1-7(12)10-5-4-9(14-3)6-11(10)8(2)13/h4-6H,1-3H3/i3D3. The van der Waals surface area contributed by atoms with E-state index in [0.29, 0.717) is 0 Å². The van der Waals surface area contributed by atoms with Gasteiger partial charge in [0.15, 0.2) is 11.6 Å². The summed E-state index contributed by atoms with van der Waals surface area (Å²) in [4.78, 5) is 22.6. The molecule has 3 heteroatoms. The molecule has 14 heavy (non-hydrogen) atoms. The van der Waals surface area contributed by atoms with Crippen molar-refractivity contribution in [1.29, 1.82) is 0 Å². The Labute approximate surface area is 86.9 Å². The fraction of sp³-hybridized carbons (Fsp3) is 0.273. The normalized spacial score (nSPS) is 13.7. The molecule has 0 heterocycles. The van der Waals surface area contributed by atoms with E-state index in [1.807, 2.05) is 0 Å². The van der Waals surface area contributed by atoms with Crippen LogP contribution >= 0.6 is 0 Å². The summed E-state index contributed by atoms with van der Waals surface area (Å²) in [6.07, 6.45) is 0. The Morgan fingerprint density at radius 3 is 2.36 bits per heavy atom. The minimum Gasteiger partial charge on any atom is -0.497 e. The lowest BCUT2D eigenvalue weighted by molar-refractivity contribution is 0.0980. The van der Waals surface area contributed by atoms with Crippen LogP contribution in [0.4, 0.5) is 0 Å². The maximum atomic E-state index is 11.3. The molecule has 0 atom stereocenters. The predicted octanol–water partition coefficient (Wildman–Crippen LogP) is 2.10. The van der Waals surface area contributed by atoms with Gasteiger partial charge in [0.2, 0.25) is 0 Å². The molecule has 1 rings (SSSR count). The highest BCUT2D eigenvalue weighted by atomic mass is 16.5. The molecule has 0 saturated heterocycles. The van der Waals surface area contributed by atoms with Crippen molar-refractivity contribution in [2.75, 3.05) is 7.04 Å². The van der Waals surface area contributed by atoms with Gasteiger partial charge in [0.1, 0.15) is 5.75 Å². The van der Waals surface area contributed by atoms with Crippen LogP contribution in [0.3, 0.4) is 0 Å². The Kier molecular flexibility index (Phi) is 1.95. The molecule has 0 aliphatic carbocycles. The molecule has 1 aromatic rings. The quantitative estimate of drug-likeness (QED) is 0.694. The largest absolute Gasteiger partial charge is 0.497 e. The van der Waals surface area contributed by atoms with E-state index < -0.39 is 7.04 Å². The summed E-state index contributed by atoms with van der Waals surface area (Å²) in [6.45, 7) is 2.65. The van der Waals surface area contributed by atoms with Crippen molar-refractivity contribution in [3.8, 4) is 5.75 Å². The van der Waals surface area contributed by atoms with Crippen molar-refractivity contribution in [3.63, 3.8) is 0 Å². The second kappa shape index (κ2) is 4.05. The van der Waals surface area contributed by atoms with Crippen molar-refractivity contribution in [3.05, 3.63) is 29.3 Å². The van der Waals surface area contributed by atoms with Crippen molar-refractivity contribution in [1.82, 2.24) is 0 Å². The summed E-state index contributed by atoms with van der Waals surface area (Å²) in [5, 5.41) is 0. The molecule has 0 unspecified atom stereocenters. The number of ketones is 2. The smallest absolute Gasteiger partial charge is 0.160 e. The Bertz CT molecular complexity index is 464. The predicted molar refractivity (Wildman–Crippen MR) is 53.0 cm³/mol. The number of hydrogen-bond donors (Lipinski definition) is 0. The van der Waals surface area contributed by atoms with Crippen LogP contribution in [0.15, 0.2) is 18.2 Å². The monoisotopic (exact) mass is 195 g/mol. The van der Waals surface area contributed by atoms with Gasteiger partial charge in [-0.05, 0) is 32.0 Å². The zero-order valence-corrected chi connectivity index (χ0v) is 7.96. The first-order chi connectivity index (χ1) is 7.70. The summed E-state index contributed by atoms with van der Waals surface area (Å²) in [5.41, 5.74) is 0.426. The van der Waals surface area contributed by atoms with Gasteiger partial charge in [0, 0.05) is 11.1 Å². The van der Waals surface area contributed by atoms with Gasteiger partial charge < -0.3 is 4.74 Å². The van der Waals surface area contributed by atoms with Crippen LogP contribution in [0.2, 0.25) is 0 Å². The van der Waals surface area contributed by atoms with E-state index in [0.717, 1.165) is 0 Å². The molecule has 0 amide bonds. The molecular weight excluding hydrogens is 180 g/mol. The maximum Gasteiger partial charge on any atom is 0.160 e. The SMILES string of the molecule is [2H]C([2H])([2H])Oc1ccc(C(C)=O)c(C(C)=O)c1. The minimum atomic E-state index is -2.58. The van der Waals surface area contributed by atoms with Crippen LogP contribution in [-0.2, 0) is 0 Å². The van der Waals surface area contributed by atoms with Crippen molar-refractivity contribution < 1.29 is 18.4 Å². The molecule has 0 N–H and O–H groups in total. The third-order valence-corrected chi connectivity index (χ3v) is 1.87. The van der Waals surface area contributed by atoms with Crippen molar-refractivity contribution >= 4 is 11.6 Å². The summed E-state index contributed by atoms with van der Waals surface area (Å²) in [6, 6.07) is 4.02.